The van der Waals surface area contributed by atoms with Crippen LogP contribution in [0.4, 0.5) is 0 Å². The van der Waals surface area contributed by atoms with Crippen LogP contribution in [0.15, 0.2) is 0 Å². The Kier molecular flexibility index (Phi) is 2.57. The van der Waals surface area contributed by atoms with Crippen LogP contribution in [-0.2, 0) is 14.6 Å². The van der Waals surface area contributed by atoms with E-state index in [1.54, 1.807) is 0 Å². The molecule has 0 amide bonds. The number of rotatable bonds is 1. The van der Waals surface area contributed by atoms with Crippen LogP contribution in [0.25, 0.3) is 0 Å². The van der Waals surface area contributed by atoms with Crippen LogP contribution in [0.2, 0.25) is 0 Å². The van der Waals surface area contributed by atoms with E-state index in [-0.39, 0.29) is 0 Å². The van der Waals surface area contributed by atoms with Gasteiger partial charge in [0.2, 0.25) is 0 Å². The Labute approximate surface area is 85.4 Å². The van der Waals surface area contributed by atoms with Crippen molar-refractivity contribution in [1.82, 2.24) is 0 Å². The van der Waals surface area contributed by atoms with Gasteiger partial charge in [-0.1, -0.05) is 0 Å². The second-order valence-corrected chi connectivity index (χ2v) is 6.82. The summed E-state index contributed by atoms with van der Waals surface area (Å²) < 4.78 is 29.0. The molecule has 2 heterocycles. The van der Waals surface area contributed by atoms with E-state index < -0.39 is 9.84 Å². The Morgan fingerprint density at radius 3 is 2.43 bits per heavy atom. The molecule has 1 atom stereocenters. The lowest BCUT2D eigenvalue weighted by Gasteiger charge is -2.42. The molecule has 2 aliphatic rings. The number of morpholine rings is 1. The molecule has 2 saturated heterocycles. The number of sulfone groups is 1. The molecule has 0 spiro atoms. The Morgan fingerprint density at radius 1 is 1.29 bits per heavy atom. The third-order valence-electron chi connectivity index (χ3n) is 3.58. The van der Waals surface area contributed by atoms with Gasteiger partial charge in [0.05, 0.1) is 26.0 Å². The van der Waals surface area contributed by atoms with E-state index in [9.17, 15) is 8.42 Å². The molecule has 4 nitrogen and oxygen atoms in total. The fourth-order valence-corrected chi connectivity index (χ4v) is 4.30. The highest BCUT2D eigenvalue weighted by Crippen LogP contribution is 2.24. The molecule has 0 radical (unpaired) electrons. The summed E-state index contributed by atoms with van der Waals surface area (Å²) in [6, 6.07) is 0.309. The van der Waals surface area contributed by atoms with Crippen molar-refractivity contribution in [3.05, 3.63) is 0 Å². The summed E-state index contributed by atoms with van der Waals surface area (Å²) in [6.45, 7) is 3.46. The molecular weight excluding hydrogens is 202 g/mol. The summed E-state index contributed by atoms with van der Waals surface area (Å²) in [6.07, 6.45) is 0.832. The van der Waals surface area contributed by atoms with Crippen molar-refractivity contribution in [3.63, 3.8) is 0 Å². The normalized spacial score (nSPS) is 35.6. The first-order valence-corrected chi connectivity index (χ1v) is 6.96. The van der Waals surface area contributed by atoms with Gasteiger partial charge in [-0.2, -0.15) is 0 Å². The molecule has 0 aliphatic carbocycles. The van der Waals surface area contributed by atoms with Crippen LogP contribution in [0.5, 0.6) is 0 Å². The van der Waals surface area contributed by atoms with Crippen molar-refractivity contribution in [2.24, 2.45) is 0 Å². The number of hydrogen-bond donors (Lipinski definition) is 0. The first kappa shape index (κ1) is 10.4. The molecule has 0 aromatic heterocycles. The van der Waals surface area contributed by atoms with Gasteiger partial charge in [0.15, 0.2) is 9.84 Å². The smallest absolute Gasteiger partial charge is 0.156 e. The summed E-state index contributed by atoms with van der Waals surface area (Å²) in [5.41, 5.74) is 0. The largest absolute Gasteiger partial charge is 0.370 e. The minimum absolute atomic E-state index is 0.309. The summed E-state index contributed by atoms with van der Waals surface area (Å²) in [7, 11) is -0.579. The molecule has 82 valence electrons. The highest BCUT2D eigenvalue weighted by molar-refractivity contribution is 7.91. The third-order valence-corrected chi connectivity index (χ3v) is 5.33. The second-order valence-electron chi connectivity index (χ2n) is 4.60. The molecule has 2 aliphatic heterocycles. The maximum Gasteiger partial charge on any atom is 0.156 e. The summed E-state index contributed by atoms with van der Waals surface area (Å²) >= 11 is 0. The van der Waals surface area contributed by atoms with Crippen LogP contribution in [0.1, 0.15) is 6.42 Å². The summed E-state index contributed by atoms with van der Waals surface area (Å²) in [5.74, 6) is 0.760. The van der Waals surface area contributed by atoms with Crippen molar-refractivity contribution in [2.45, 2.75) is 12.5 Å². The number of nitrogens with zero attached hydrogens (tertiary/aromatic N) is 1. The molecule has 5 heteroatoms. The lowest BCUT2D eigenvalue weighted by atomic mass is 10.1. The zero-order chi connectivity index (χ0) is 10.2. The quantitative estimate of drug-likeness (QED) is 0.567. The van der Waals surface area contributed by atoms with E-state index >= 15 is 0 Å². The van der Waals surface area contributed by atoms with Crippen LogP contribution >= 0.6 is 0 Å². The lowest BCUT2D eigenvalue weighted by Crippen LogP contribution is -2.58. The standard InChI is InChI=1S/C9H18NO3S/c1-10(3-5-13-6-4-10)9-2-7-14(11,12)8-9/h9H,2-8H2,1H3/q+1. The van der Waals surface area contributed by atoms with Gasteiger partial charge in [-0.25, -0.2) is 8.42 Å². The zero-order valence-corrected chi connectivity index (χ0v) is 9.42. The van der Waals surface area contributed by atoms with E-state index in [1.165, 1.54) is 0 Å². The van der Waals surface area contributed by atoms with Crippen molar-refractivity contribution < 1.29 is 17.6 Å². The predicted octanol–water partition coefficient (Wildman–Crippen LogP) is -0.350. The average Bonchev–Trinajstić information content (AvgIpc) is 2.48. The first-order valence-electron chi connectivity index (χ1n) is 5.14. The Morgan fingerprint density at radius 2 is 1.93 bits per heavy atom. The fraction of sp³-hybridized carbons (Fsp3) is 1.00. The monoisotopic (exact) mass is 220 g/mol. The van der Waals surface area contributed by atoms with Crippen molar-refractivity contribution >= 4 is 9.84 Å². The molecule has 0 bridgehead atoms. The van der Waals surface area contributed by atoms with E-state index in [2.05, 4.69) is 7.05 Å². The van der Waals surface area contributed by atoms with Gasteiger partial charge >= 0.3 is 0 Å². The van der Waals surface area contributed by atoms with E-state index in [0.29, 0.717) is 17.5 Å². The van der Waals surface area contributed by atoms with Gasteiger partial charge < -0.3 is 9.22 Å². The van der Waals surface area contributed by atoms with Gasteiger partial charge in [0.25, 0.3) is 0 Å². The molecule has 2 rings (SSSR count). The molecule has 14 heavy (non-hydrogen) atoms. The van der Waals surface area contributed by atoms with Gasteiger partial charge in [-0.05, 0) is 0 Å². The third kappa shape index (κ3) is 1.94. The van der Waals surface area contributed by atoms with E-state index in [1.807, 2.05) is 0 Å². The minimum Gasteiger partial charge on any atom is -0.370 e. The fourth-order valence-electron chi connectivity index (χ4n) is 2.39. The molecular formula is C9H18NO3S+. The van der Waals surface area contributed by atoms with Gasteiger partial charge in [0, 0.05) is 6.42 Å². The number of likely N-dealkylation sites (N-methyl/N-ethyl adjacent to an activating group) is 1. The molecule has 0 aromatic carbocycles. The van der Waals surface area contributed by atoms with Gasteiger partial charge in [-0.3, -0.25) is 0 Å². The van der Waals surface area contributed by atoms with Crippen molar-refractivity contribution in [1.29, 1.82) is 0 Å². The molecule has 0 saturated carbocycles. The summed E-state index contributed by atoms with van der Waals surface area (Å²) in [5, 5.41) is 0. The highest BCUT2D eigenvalue weighted by Gasteiger charge is 2.42. The van der Waals surface area contributed by atoms with Crippen LogP contribution < -0.4 is 0 Å². The average molecular weight is 220 g/mol. The first-order chi connectivity index (χ1) is 6.52. The van der Waals surface area contributed by atoms with Crippen LogP contribution in [0, 0.1) is 0 Å². The maximum absolute atomic E-state index is 11.4. The Bertz CT molecular complexity index is 306. The van der Waals surface area contributed by atoms with E-state index in [4.69, 9.17) is 4.74 Å². The van der Waals surface area contributed by atoms with Gasteiger partial charge in [-0.15, -0.1) is 0 Å². The van der Waals surface area contributed by atoms with Crippen molar-refractivity contribution in [2.75, 3.05) is 44.9 Å². The highest BCUT2D eigenvalue weighted by atomic mass is 32.2. The topological polar surface area (TPSA) is 43.4 Å². The number of hydrogen-bond acceptors (Lipinski definition) is 3. The predicted molar refractivity (Wildman–Crippen MR) is 53.8 cm³/mol. The number of quaternary nitrogens is 1. The van der Waals surface area contributed by atoms with Gasteiger partial charge in [0.1, 0.15) is 24.9 Å². The number of ether oxygens (including phenoxy) is 1. The van der Waals surface area contributed by atoms with Crippen molar-refractivity contribution in [3.8, 4) is 0 Å². The molecule has 2 fully saturated rings. The zero-order valence-electron chi connectivity index (χ0n) is 8.61. The Hall–Kier alpha value is -0.130. The molecule has 0 N–H and O–H groups in total. The maximum atomic E-state index is 11.4. The molecule has 1 unspecified atom stereocenters. The summed E-state index contributed by atoms with van der Waals surface area (Å²) in [4.78, 5) is 0. The minimum atomic E-state index is -2.74. The SMILES string of the molecule is C[N+]1(C2CCS(=O)(=O)C2)CCOCC1. The second kappa shape index (κ2) is 3.47. The Balaban J connectivity index is 2.08. The van der Waals surface area contributed by atoms with Crippen LogP contribution in [0.3, 0.4) is 0 Å². The van der Waals surface area contributed by atoms with Crippen LogP contribution in [-0.4, -0.2) is 63.8 Å². The molecule has 0 aromatic rings. The van der Waals surface area contributed by atoms with E-state index in [0.717, 1.165) is 37.2 Å². The lowest BCUT2D eigenvalue weighted by molar-refractivity contribution is -0.937.